The first kappa shape index (κ1) is 15.8. The SMILES string of the molecule is Nc1cc(C(=O)NCC2(C(=O)O)CCOCC2)ccc1Br. The standard InChI is InChI=1S/C14H17BrN2O4/c15-10-2-1-9(7-11(10)16)12(18)17-8-14(13(19)20)3-5-21-6-4-14/h1-2,7H,3-6,8,16H2,(H,17,18)(H,19,20). The Morgan fingerprint density at radius 3 is 2.62 bits per heavy atom. The number of nitrogens with two attached hydrogens (primary N) is 1. The van der Waals surface area contributed by atoms with Crippen LogP contribution in [0.2, 0.25) is 0 Å². The summed E-state index contributed by atoms with van der Waals surface area (Å²) in [4.78, 5) is 23.6. The van der Waals surface area contributed by atoms with Crippen molar-refractivity contribution in [1.29, 1.82) is 0 Å². The van der Waals surface area contributed by atoms with Gasteiger partial charge in [-0.25, -0.2) is 0 Å². The molecule has 1 aliphatic rings. The fraction of sp³-hybridized carbons (Fsp3) is 0.429. The molecule has 0 saturated carbocycles. The van der Waals surface area contributed by atoms with Gasteiger partial charge in [0.1, 0.15) is 0 Å². The third kappa shape index (κ3) is 3.54. The molecule has 0 atom stereocenters. The number of hydrogen-bond acceptors (Lipinski definition) is 4. The molecule has 21 heavy (non-hydrogen) atoms. The molecular weight excluding hydrogens is 340 g/mol. The molecule has 1 fully saturated rings. The highest BCUT2D eigenvalue weighted by molar-refractivity contribution is 9.10. The third-order valence-corrected chi connectivity index (χ3v) is 4.47. The Labute approximate surface area is 130 Å². The molecule has 1 aliphatic heterocycles. The molecule has 7 heteroatoms. The number of rotatable bonds is 4. The second kappa shape index (κ2) is 6.44. The van der Waals surface area contributed by atoms with Crippen molar-refractivity contribution >= 4 is 33.5 Å². The van der Waals surface area contributed by atoms with Crippen LogP contribution >= 0.6 is 15.9 Å². The van der Waals surface area contributed by atoms with Gasteiger partial charge in [-0.3, -0.25) is 9.59 Å². The average Bonchev–Trinajstić information content (AvgIpc) is 2.48. The van der Waals surface area contributed by atoms with Gasteiger partial charge >= 0.3 is 5.97 Å². The van der Waals surface area contributed by atoms with Crippen molar-refractivity contribution in [2.24, 2.45) is 5.41 Å². The molecule has 0 aliphatic carbocycles. The maximum absolute atomic E-state index is 12.1. The lowest BCUT2D eigenvalue weighted by atomic mass is 9.80. The molecule has 1 amide bonds. The van der Waals surface area contributed by atoms with Crippen molar-refractivity contribution in [3.05, 3.63) is 28.2 Å². The van der Waals surface area contributed by atoms with E-state index < -0.39 is 11.4 Å². The zero-order valence-corrected chi connectivity index (χ0v) is 13.0. The number of carbonyl (C=O) groups is 2. The number of nitrogen functional groups attached to an aromatic ring is 1. The molecule has 1 aromatic rings. The second-order valence-electron chi connectivity index (χ2n) is 5.12. The average molecular weight is 357 g/mol. The summed E-state index contributed by atoms with van der Waals surface area (Å²) in [5, 5.41) is 12.1. The predicted molar refractivity (Wildman–Crippen MR) is 81.0 cm³/mol. The van der Waals surface area contributed by atoms with Gasteiger partial charge in [-0.1, -0.05) is 0 Å². The second-order valence-corrected chi connectivity index (χ2v) is 5.97. The number of benzene rings is 1. The number of halogens is 1. The molecule has 0 spiro atoms. The van der Waals surface area contributed by atoms with E-state index in [2.05, 4.69) is 21.2 Å². The van der Waals surface area contributed by atoms with Crippen molar-refractivity contribution in [3.8, 4) is 0 Å². The summed E-state index contributed by atoms with van der Waals surface area (Å²) in [7, 11) is 0. The number of carboxylic acids is 1. The lowest BCUT2D eigenvalue weighted by Crippen LogP contribution is -2.46. The van der Waals surface area contributed by atoms with E-state index in [0.717, 1.165) is 0 Å². The van der Waals surface area contributed by atoms with Gasteiger partial charge in [-0.2, -0.15) is 0 Å². The fourth-order valence-corrected chi connectivity index (χ4v) is 2.51. The first-order chi connectivity index (χ1) is 9.94. The van der Waals surface area contributed by atoms with Gasteiger partial charge in [0.25, 0.3) is 5.91 Å². The Hall–Kier alpha value is -1.60. The summed E-state index contributed by atoms with van der Waals surface area (Å²) >= 11 is 3.26. The fourth-order valence-electron chi connectivity index (χ4n) is 2.26. The van der Waals surface area contributed by atoms with Gasteiger partial charge in [0.15, 0.2) is 0 Å². The number of carboxylic acid groups (broad SMARTS) is 1. The number of amides is 1. The van der Waals surface area contributed by atoms with Gasteiger partial charge in [0, 0.05) is 35.5 Å². The molecular formula is C14H17BrN2O4. The van der Waals surface area contributed by atoms with Crippen LogP contribution < -0.4 is 11.1 Å². The van der Waals surface area contributed by atoms with E-state index >= 15 is 0 Å². The van der Waals surface area contributed by atoms with E-state index in [4.69, 9.17) is 10.5 Å². The largest absolute Gasteiger partial charge is 0.481 e. The van der Waals surface area contributed by atoms with Crippen molar-refractivity contribution in [1.82, 2.24) is 5.32 Å². The molecule has 1 aromatic carbocycles. The molecule has 0 bridgehead atoms. The highest BCUT2D eigenvalue weighted by Crippen LogP contribution is 2.30. The number of hydrogen-bond donors (Lipinski definition) is 3. The zero-order valence-electron chi connectivity index (χ0n) is 11.4. The summed E-state index contributed by atoms with van der Waals surface area (Å²) < 4.78 is 5.91. The smallest absolute Gasteiger partial charge is 0.311 e. The summed E-state index contributed by atoms with van der Waals surface area (Å²) in [6.07, 6.45) is 0.788. The maximum atomic E-state index is 12.1. The number of carbonyl (C=O) groups excluding carboxylic acids is 1. The molecule has 0 radical (unpaired) electrons. The van der Waals surface area contributed by atoms with Crippen LogP contribution in [0.25, 0.3) is 0 Å². The van der Waals surface area contributed by atoms with Gasteiger partial charge < -0.3 is 20.9 Å². The molecule has 4 N–H and O–H groups in total. The van der Waals surface area contributed by atoms with Crippen molar-refractivity contribution < 1.29 is 19.4 Å². The number of anilines is 1. The van der Waals surface area contributed by atoms with Gasteiger partial charge in [0.2, 0.25) is 0 Å². The summed E-state index contributed by atoms with van der Waals surface area (Å²) in [6, 6.07) is 4.87. The monoisotopic (exact) mass is 356 g/mol. The van der Waals surface area contributed by atoms with Gasteiger partial charge in [-0.15, -0.1) is 0 Å². The number of nitrogens with one attached hydrogen (secondary N) is 1. The maximum Gasteiger partial charge on any atom is 0.311 e. The van der Waals surface area contributed by atoms with Crippen LogP contribution in [0.5, 0.6) is 0 Å². The van der Waals surface area contributed by atoms with Crippen LogP contribution in [-0.4, -0.2) is 36.7 Å². The van der Waals surface area contributed by atoms with Crippen molar-refractivity contribution in [2.45, 2.75) is 12.8 Å². The van der Waals surface area contributed by atoms with E-state index in [-0.39, 0.29) is 12.5 Å². The Morgan fingerprint density at radius 1 is 1.38 bits per heavy atom. The minimum Gasteiger partial charge on any atom is -0.481 e. The topological polar surface area (TPSA) is 102 Å². The lowest BCUT2D eigenvalue weighted by Gasteiger charge is -2.33. The van der Waals surface area contributed by atoms with E-state index in [1.165, 1.54) is 0 Å². The van der Waals surface area contributed by atoms with Gasteiger partial charge in [0.05, 0.1) is 5.41 Å². The van der Waals surface area contributed by atoms with Crippen LogP contribution in [-0.2, 0) is 9.53 Å². The Kier molecular flexibility index (Phi) is 4.84. The highest BCUT2D eigenvalue weighted by atomic mass is 79.9. The van der Waals surface area contributed by atoms with E-state index in [9.17, 15) is 14.7 Å². The summed E-state index contributed by atoms with van der Waals surface area (Å²) in [5.74, 6) is -1.23. The molecule has 0 unspecified atom stereocenters. The molecule has 0 aromatic heterocycles. The molecule has 1 heterocycles. The van der Waals surface area contributed by atoms with E-state index in [1.54, 1.807) is 18.2 Å². The van der Waals surface area contributed by atoms with Crippen LogP contribution in [0.4, 0.5) is 5.69 Å². The first-order valence-corrected chi connectivity index (χ1v) is 7.38. The van der Waals surface area contributed by atoms with Crippen molar-refractivity contribution in [3.63, 3.8) is 0 Å². The summed E-state index contributed by atoms with van der Waals surface area (Å²) in [5.41, 5.74) is 5.65. The Bertz CT molecular complexity index is 556. The van der Waals surface area contributed by atoms with E-state index in [1.807, 2.05) is 0 Å². The van der Waals surface area contributed by atoms with Gasteiger partial charge in [-0.05, 0) is 47.0 Å². The highest BCUT2D eigenvalue weighted by Gasteiger charge is 2.40. The minimum absolute atomic E-state index is 0.0838. The summed E-state index contributed by atoms with van der Waals surface area (Å²) in [6.45, 7) is 0.876. The number of ether oxygens (including phenoxy) is 1. The molecule has 2 rings (SSSR count). The third-order valence-electron chi connectivity index (χ3n) is 3.75. The molecule has 114 valence electrons. The first-order valence-electron chi connectivity index (χ1n) is 6.59. The van der Waals surface area contributed by atoms with Crippen LogP contribution in [0.15, 0.2) is 22.7 Å². The quantitative estimate of drug-likeness (QED) is 0.711. The zero-order chi connectivity index (χ0) is 15.5. The Balaban J connectivity index is 2.05. The van der Waals surface area contributed by atoms with Crippen molar-refractivity contribution in [2.75, 3.05) is 25.5 Å². The van der Waals surface area contributed by atoms with Crippen LogP contribution in [0.1, 0.15) is 23.2 Å². The van der Waals surface area contributed by atoms with Crippen LogP contribution in [0.3, 0.4) is 0 Å². The molecule has 1 saturated heterocycles. The van der Waals surface area contributed by atoms with Crippen LogP contribution in [0, 0.1) is 5.41 Å². The predicted octanol–water partition coefficient (Wildman–Crippen LogP) is 1.64. The number of aliphatic carboxylic acids is 1. The van der Waals surface area contributed by atoms with E-state index in [0.29, 0.717) is 41.8 Å². The Morgan fingerprint density at radius 2 is 2.05 bits per heavy atom. The lowest BCUT2D eigenvalue weighted by molar-refractivity contribution is -0.154. The normalized spacial score (nSPS) is 17.2. The minimum atomic E-state index is -0.950. The molecule has 6 nitrogen and oxygen atoms in total.